The Bertz CT molecular complexity index is 911. The van der Waals surface area contributed by atoms with Crippen LogP contribution in [-0.2, 0) is 21.2 Å². The van der Waals surface area contributed by atoms with Crippen molar-refractivity contribution < 1.29 is 13.2 Å². The quantitative estimate of drug-likeness (QED) is 0.762. The summed E-state index contributed by atoms with van der Waals surface area (Å²) in [7, 11) is -3.62. The number of aryl methyl sites for hydroxylation is 2. The normalized spacial score (nSPS) is 12.5. The smallest absolute Gasteiger partial charge is 0.243 e. The second kappa shape index (κ2) is 8.76. The minimum absolute atomic E-state index is 0.340. The highest BCUT2D eigenvalue weighted by Gasteiger charge is 2.29. The van der Waals surface area contributed by atoms with E-state index in [9.17, 15) is 13.2 Å². The standard InChI is InChI=1S/C20H25ClN2O3S/c1-14-5-10-19(13-15(14)2)23(27(4,25)26)16(3)20(24)22-12-11-17-6-8-18(21)9-7-17/h5-10,13,16H,11-12H2,1-4H3,(H,22,24)/t16-/m1/s1. The summed E-state index contributed by atoms with van der Waals surface area (Å²) in [5.41, 5.74) is 3.56. The number of amides is 1. The summed E-state index contributed by atoms with van der Waals surface area (Å²) in [6, 6.07) is 11.9. The number of carbonyl (C=O) groups excluding carboxylic acids is 1. The van der Waals surface area contributed by atoms with Crippen LogP contribution in [-0.4, -0.2) is 33.2 Å². The van der Waals surface area contributed by atoms with Crippen LogP contribution in [0.1, 0.15) is 23.6 Å². The van der Waals surface area contributed by atoms with Gasteiger partial charge in [-0.15, -0.1) is 0 Å². The van der Waals surface area contributed by atoms with E-state index in [1.54, 1.807) is 31.2 Å². The number of carbonyl (C=O) groups is 1. The molecule has 0 saturated heterocycles. The number of nitrogens with one attached hydrogen (secondary N) is 1. The molecule has 2 rings (SSSR count). The van der Waals surface area contributed by atoms with Crippen molar-refractivity contribution in [2.24, 2.45) is 0 Å². The van der Waals surface area contributed by atoms with Crippen LogP contribution in [0.2, 0.25) is 5.02 Å². The summed E-state index contributed by atoms with van der Waals surface area (Å²) in [4.78, 5) is 12.6. The van der Waals surface area contributed by atoms with E-state index in [2.05, 4.69) is 5.32 Å². The van der Waals surface area contributed by atoms with Gasteiger partial charge in [-0.25, -0.2) is 8.42 Å². The molecule has 5 nitrogen and oxygen atoms in total. The molecule has 27 heavy (non-hydrogen) atoms. The Hall–Kier alpha value is -2.05. The molecule has 0 radical (unpaired) electrons. The Morgan fingerprint density at radius 3 is 2.30 bits per heavy atom. The van der Waals surface area contributed by atoms with Crippen molar-refractivity contribution in [3.63, 3.8) is 0 Å². The molecular weight excluding hydrogens is 384 g/mol. The van der Waals surface area contributed by atoms with E-state index in [1.165, 1.54) is 0 Å². The van der Waals surface area contributed by atoms with E-state index >= 15 is 0 Å². The van der Waals surface area contributed by atoms with Crippen molar-refractivity contribution in [2.45, 2.75) is 33.2 Å². The van der Waals surface area contributed by atoms with Crippen LogP contribution < -0.4 is 9.62 Å². The number of halogens is 1. The van der Waals surface area contributed by atoms with Gasteiger partial charge < -0.3 is 5.32 Å². The Morgan fingerprint density at radius 1 is 1.11 bits per heavy atom. The van der Waals surface area contributed by atoms with Crippen molar-refractivity contribution in [3.05, 3.63) is 64.2 Å². The van der Waals surface area contributed by atoms with Gasteiger partial charge in [0.15, 0.2) is 0 Å². The Kier molecular flexibility index (Phi) is 6.89. The van der Waals surface area contributed by atoms with Gasteiger partial charge in [0.2, 0.25) is 15.9 Å². The van der Waals surface area contributed by atoms with Gasteiger partial charge in [-0.1, -0.05) is 29.8 Å². The van der Waals surface area contributed by atoms with Crippen molar-refractivity contribution in [3.8, 4) is 0 Å². The number of anilines is 1. The summed E-state index contributed by atoms with van der Waals surface area (Å²) < 4.78 is 25.8. The van der Waals surface area contributed by atoms with E-state index in [-0.39, 0.29) is 5.91 Å². The number of rotatable bonds is 7. The molecule has 0 spiro atoms. The average Bonchev–Trinajstić information content (AvgIpc) is 2.58. The van der Waals surface area contributed by atoms with E-state index in [1.807, 2.05) is 32.0 Å². The summed E-state index contributed by atoms with van der Waals surface area (Å²) in [6.45, 7) is 5.87. The molecular formula is C20H25ClN2O3S. The zero-order valence-electron chi connectivity index (χ0n) is 16.0. The SMILES string of the molecule is Cc1ccc(N([C@H](C)C(=O)NCCc2ccc(Cl)cc2)S(C)(=O)=O)cc1C. The van der Waals surface area contributed by atoms with Gasteiger partial charge in [0.1, 0.15) is 6.04 Å². The predicted octanol–water partition coefficient (Wildman–Crippen LogP) is 3.47. The third-order valence-corrected chi connectivity index (χ3v) is 5.95. The highest BCUT2D eigenvalue weighted by molar-refractivity contribution is 7.92. The molecule has 0 bridgehead atoms. The first-order chi connectivity index (χ1) is 12.6. The Balaban J connectivity index is 2.10. The molecule has 0 aliphatic heterocycles. The molecule has 2 aromatic carbocycles. The molecule has 1 amide bonds. The van der Waals surface area contributed by atoms with Crippen molar-refractivity contribution >= 4 is 33.2 Å². The molecule has 1 N–H and O–H groups in total. The van der Waals surface area contributed by atoms with Gasteiger partial charge in [-0.05, 0) is 68.1 Å². The van der Waals surface area contributed by atoms with E-state index in [0.29, 0.717) is 23.7 Å². The maximum atomic E-state index is 12.6. The van der Waals surface area contributed by atoms with E-state index in [4.69, 9.17) is 11.6 Å². The lowest BCUT2D eigenvalue weighted by Crippen LogP contribution is -2.48. The van der Waals surface area contributed by atoms with Crippen LogP contribution >= 0.6 is 11.6 Å². The number of nitrogens with zero attached hydrogens (tertiary/aromatic N) is 1. The second-order valence-corrected chi connectivity index (χ2v) is 8.97. The number of hydrogen-bond donors (Lipinski definition) is 1. The van der Waals surface area contributed by atoms with Crippen molar-refractivity contribution in [2.75, 3.05) is 17.1 Å². The van der Waals surface area contributed by atoms with Gasteiger partial charge in [0.05, 0.1) is 11.9 Å². The molecule has 146 valence electrons. The third-order valence-electron chi connectivity index (χ3n) is 4.46. The molecule has 0 aliphatic carbocycles. The predicted molar refractivity (Wildman–Crippen MR) is 111 cm³/mol. The first kappa shape index (κ1) is 21.3. The molecule has 0 aliphatic rings. The van der Waals surface area contributed by atoms with E-state index < -0.39 is 16.1 Å². The molecule has 0 saturated carbocycles. The van der Waals surface area contributed by atoms with Crippen LogP contribution in [0.4, 0.5) is 5.69 Å². The lowest BCUT2D eigenvalue weighted by atomic mass is 10.1. The largest absolute Gasteiger partial charge is 0.354 e. The molecule has 0 aromatic heterocycles. The zero-order valence-corrected chi connectivity index (χ0v) is 17.6. The molecule has 0 heterocycles. The molecule has 0 fully saturated rings. The highest BCUT2D eigenvalue weighted by Crippen LogP contribution is 2.23. The van der Waals surface area contributed by atoms with Crippen LogP contribution in [0.15, 0.2) is 42.5 Å². The van der Waals surface area contributed by atoms with Gasteiger partial charge >= 0.3 is 0 Å². The highest BCUT2D eigenvalue weighted by atomic mass is 35.5. The maximum absolute atomic E-state index is 12.6. The lowest BCUT2D eigenvalue weighted by Gasteiger charge is -2.28. The van der Waals surface area contributed by atoms with Gasteiger partial charge in [-0.2, -0.15) is 0 Å². The third kappa shape index (κ3) is 5.71. The second-order valence-electron chi connectivity index (χ2n) is 6.67. The molecule has 1 atom stereocenters. The van der Waals surface area contributed by atoms with Crippen LogP contribution in [0.5, 0.6) is 0 Å². The minimum atomic E-state index is -3.62. The van der Waals surface area contributed by atoms with Crippen LogP contribution in [0.25, 0.3) is 0 Å². The zero-order chi connectivity index (χ0) is 20.2. The van der Waals surface area contributed by atoms with Gasteiger partial charge in [-0.3, -0.25) is 9.10 Å². The fourth-order valence-electron chi connectivity index (χ4n) is 2.80. The van der Waals surface area contributed by atoms with Crippen molar-refractivity contribution in [1.29, 1.82) is 0 Å². The van der Waals surface area contributed by atoms with Crippen LogP contribution in [0, 0.1) is 13.8 Å². The fraction of sp³-hybridized carbons (Fsp3) is 0.350. The summed E-state index contributed by atoms with van der Waals surface area (Å²) in [6.07, 6.45) is 1.75. The summed E-state index contributed by atoms with van der Waals surface area (Å²) >= 11 is 5.86. The summed E-state index contributed by atoms with van der Waals surface area (Å²) in [5.74, 6) is -0.340. The first-order valence-electron chi connectivity index (χ1n) is 8.68. The number of benzene rings is 2. The number of hydrogen-bond acceptors (Lipinski definition) is 3. The van der Waals surface area contributed by atoms with Crippen LogP contribution in [0.3, 0.4) is 0 Å². The van der Waals surface area contributed by atoms with E-state index in [0.717, 1.165) is 27.3 Å². The van der Waals surface area contributed by atoms with Gasteiger partial charge in [0.25, 0.3) is 0 Å². The van der Waals surface area contributed by atoms with Gasteiger partial charge in [0, 0.05) is 11.6 Å². The maximum Gasteiger partial charge on any atom is 0.243 e. The Morgan fingerprint density at radius 2 is 1.74 bits per heavy atom. The average molecular weight is 409 g/mol. The topological polar surface area (TPSA) is 66.5 Å². The first-order valence-corrected chi connectivity index (χ1v) is 10.9. The molecule has 7 heteroatoms. The monoisotopic (exact) mass is 408 g/mol. The van der Waals surface area contributed by atoms with Crippen molar-refractivity contribution in [1.82, 2.24) is 5.32 Å². The lowest BCUT2D eigenvalue weighted by molar-refractivity contribution is -0.121. The fourth-order valence-corrected chi connectivity index (χ4v) is 4.09. The Labute approximate surface area is 166 Å². The summed E-state index contributed by atoms with van der Waals surface area (Å²) in [5, 5.41) is 3.48. The molecule has 0 unspecified atom stereocenters. The number of sulfonamides is 1. The molecule has 2 aromatic rings. The minimum Gasteiger partial charge on any atom is -0.354 e.